The van der Waals surface area contributed by atoms with Crippen LogP contribution >= 0.6 is 11.6 Å². The second-order valence-electron chi connectivity index (χ2n) is 6.35. The van der Waals surface area contributed by atoms with Crippen LogP contribution in [0.15, 0.2) is 42.5 Å². The van der Waals surface area contributed by atoms with E-state index in [4.69, 9.17) is 17.3 Å². The van der Waals surface area contributed by atoms with Gasteiger partial charge < -0.3 is 16.0 Å². The first-order valence-corrected chi connectivity index (χ1v) is 8.51. The van der Waals surface area contributed by atoms with Gasteiger partial charge in [0.1, 0.15) is 0 Å². The summed E-state index contributed by atoms with van der Waals surface area (Å²) in [6.45, 7) is 0. The van der Waals surface area contributed by atoms with Gasteiger partial charge in [-0.15, -0.1) is 0 Å². The molecule has 4 rings (SSSR count). The molecule has 1 aromatic heterocycles. The van der Waals surface area contributed by atoms with Crippen LogP contribution in [0.25, 0.3) is 22.2 Å². The van der Waals surface area contributed by atoms with E-state index in [9.17, 15) is 0 Å². The normalized spacial score (nSPS) is 15.3. The van der Waals surface area contributed by atoms with Gasteiger partial charge in [0.25, 0.3) is 0 Å². The van der Waals surface area contributed by atoms with E-state index in [1.807, 2.05) is 36.4 Å². The molecule has 118 valence electrons. The van der Waals surface area contributed by atoms with Crippen molar-refractivity contribution >= 4 is 33.9 Å². The molecule has 0 aliphatic heterocycles. The van der Waals surface area contributed by atoms with Crippen molar-refractivity contribution in [1.29, 1.82) is 0 Å². The zero-order valence-corrected chi connectivity index (χ0v) is 13.7. The summed E-state index contributed by atoms with van der Waals surface area (Å²) in [7, 11) is 0. The number of hydrogen-bond acceptors (Lipinski definition) is 2. The minimum absolute atomic E-state index is 0.556. The summed E-state index contributed by atoms with van der Waals surface area (Å²) < 4.78 is 0. The van der Waals surface area contributed by atoms with Gasteiger partial charge in [-0.05, 0) is 48.7 Å². The first-order chi connectivity index (χ1) is 11.2. The zero-order valence-electron chi connectivity index (χ0n) is 12.9. The van der Waals surface area contributed by atoms with Crippen LogP contribution in [-0.2, 0) is 0 Å². The van der Waals surface area contributed by atoms with E-state index in [1.54, 1.807) is 0 Å². The standard InChI is InChI=1S/C19H20ClN3/c20-14-9-13-10-17(12-5-7-15(21)8-6-12)23-19(13)18(11-14)22-16-3-1-2-4-16/h5-11,16,22-23H,1-4,21H2. The Bertz CT molecular complexity index is 830. The maximum absolute atomic E-state index is 6.31. The summed E-state index contributed by atoms with van der Waals surface area (Å²) in [5, 5.41) is 5.56. The molecule has 1 fully saturated rings. The topological polar surface area (TPSA) is 53.8 Å². The van der Waals surface area contributed by atoms with Gasteiger partial charge in [0.15, 0.2) is 0 Å². The van der Waals surface area contributed by atoms with Crippen LogP contribution in [-0.4, -0.2) is 11.0 Å². The number of nitrogen functional groups attached to an aromatic ring is 1. The Balaban J connectivity index is 1.76. The molecule has 3 aromatic rings. The minimum Gasteiger partial charge on any atom is -0.399 e. The molecule has 1 heterocycles. The molecule has 4 heteroatoms. The summed E-state index contributed by atoms with van der Waals surface area (Å²) in [4.78, 5) is 3.54. The first kappa shape index (κ1) is 14.5. The molecule has 2 aromatic carbocycles. The van der Waals surface area contributed by atoms with Gasteiger partial charge in [-0.1, -0.05) is 36.6 Å². The van der Waals surface area contributed by atoms with Crippen molar-refractivity contribution in [3.8, 4) is 11.3 Å². The molecular weight excluding hydrogens is 306 g/mol. The monoisotopic (exact) mass is 325 g/mol. The van der Waals surface area contributed by atoms with Crippen molar-refractivity contribution in [3.05, 3.63) is 47.5 Å². The summed E-state index contributed by atoms with van der Waals surface area (Å²) in [6, 6.07) is 14.6. The van der Waals surface area contributed by atoms with Crippen LogP contribution < -0.4 is 11.1 Å². The molecule has 1 saturated carbocycles. The Morgan fingerprint density at radius 2 is 1.78 bits per heavy atom. The molecule has 1 aliphatic rings. The molecule has 0 bridgehead atoms. The highest BCUT2D eigenvalue weighted by Crippen LogP contribution is 2.33. The summed E-state index contributed by atoms with van der Waals surface area (Å²) in [5.41, 5.74) is 11.0. The molecule has 0 saturated heterocycles. The molecular formula is C19H20ClN3. The molecule has 0 radical (unpaired) electrons. The summed E-state index contributed by atoms with van der Waals surface area (Å²) >= 11 is 6.31. The number of rotatable bonds is 3. The number of benzene rings is 2. The Morgan fingerprint density at radius 1 is 1.04 bits per heavy atom. The van der Waals surface area contributed by atoms with E-state index in [2.05, 4.69) is 16.4 Å². The van der Waals surface area contributed by atoms with Gasteiger partial charge in [0.2, 0.25) is 0 Å². The van der Waals surface area contributed by atoms with Crippen molar-refractivity contribution in [1.82, 2.24) is 4.98 Å². The Kier molecular flexibility index (Phi) is 3.66. The van der Waals surface area contributed by atoms with Gasteiger partial charge in [-0.25, -0.2) is 0 Å². The van der Waals surface area contributed by atoms with Gasteiger partial charge in [-0.2, -0.15) is 0 Å². The molecule has 4 N–H and O–H groups in total. The Morgan fingerprint density at radius 3 is 2.52 bits per heavy atom. The number of aromatic amines is 1. The maximum Gasteiger partial charge on any atom is 0.0695 e. The Labute approximate surface area is 140 Å². The lowest BCUT2D eigenvalue weighted by Crippen LogP contribution is -2.14. The number of halogens is 1. The van der Waals surface area contributed by atoms with Crippen LogP contribution in [0.1, 0.15) is 25.7 Å². The van der Waals surface area contributed by atoms with Gasteiger partial charge >= 0.3 is 0 Å². The summed E-state index contributed by atoms with van der Waals surface area (Å²) in [6.07, 6.45) is 5.09. The SMILES string of the molecule is Nc1ccc(-c2cc3cc(Cl)cc(NC4CCCC4)c3[nH]2)cc1. The van der Waals surface area contributed by atoms with Gasteiger partial charge in [0.05, 0.1) is 11.2 Å². The number of nitrogens with two attached hydrogens (primary N) is 1. The van der Waals surface area contributed by atoms with E-state index < -0.39 is 0 Å². The minimum atomic E-state index is 0.556. The van der Waals surface area contributed by atoms with E-state index in [-0.39, 0.29) is 0 Å². The maximum atomic E-state index is 6.31. The van der Waals surface area contributed by atoms with Crippen LogP contribution in [0.4, 0.5) is 11.4 Å². The van der Waals surface area contributed by atoms with Gasteiger partial charge in [-0.3, -0.25) is 0 Å². The fraction of sp³-hybridized carbons (Fsp3) is 0.263. The average Bonchev–Trinajstić information content (AvgIpc) is 3.17. The highest BCUT2D eigenvalue weighted by molar-refractivity contribution is 6.32. The van der Waals surface area contributed by atoms with Crippen molar-refractivity contribution in [2.45, 2.75) is 31.7 Å². The van der Waals surface area contributed by atoms with Gasteiger partial charge in [0, 0.05) is 27.8 Å². The number of anilines is 2. The van der Waals surface area contributed by atoms with Crippen LogP contribution in [0.2, 0.25) is 5.02 Å². The lowest BCUT2D eigenvalue weighted by molar-refractivity contribution is 0.756. The van der Waals surface area contributed by atoms with E-state index in [1.165, 1.54) is 25.7 Å². The van der Waals surface area contributed by atoms with E-state index in [0.717, 1.165) is 38.6 Å². The number of H-pyrrole nitrogens is 1. The highest BCUT2D eigenvalue weighted by Gasteiger charge is 2.17. The van der Waals surface area contributed by atoms with Crippen molar-refractivity contribution < 1.29 is 0 Å². The number of hydrogen-bond donors (Lipinski definition) is 3. The van der Waals surface area contributed by atoms with Crippen LogP contribution in [0.3, 0.4) is 0 Å². The van der Waals surface area contributed by atoms with Crippen molar-refractivity contribution in [2.24, 2.45) is 0 Å². The highest BCUT2D eigenvalue weighted by atomic mass is 35.5. The molecule has 0 amide bonds. The third kappa shape index (κ3) is 2.89. The largest absolute Gasteiger partial charge is 0.399 e. The third-order valence-electron chi connectivity index (χ3n) is 4.63. The van der Waals surface area contributed by atoms with E-state index >= 15 is 0 Å². The predicted molar refractivity (Wildman–Crippen MR) is 99.0 cm³/mol. The molecule has 1 aliphatic carbocycles. The zero-order chi connectivity index (χ0) is 15.8. The van der Waals surface area contributed by atoms with Crippen molar-refractivity contribution in [3.63, 3.8) is 0 Å². The second kappa shape index (κ2) is 5.82. The number of nitrogens with one attached hydrogen (secondary N) is 2. The fourth-order valence-corrected chi connectivity index (χ4v) is 3.66. The average molecular weight is 326 g/mol. The molecule has 0 atom stereocenters. The molecule has 0 unspecified atom stereocenters. The predicted octanol–water partition coefficient (Wildman–Crippen LogP) is 5.43. The van der Waals surface area contributed by atoms with Crippen molar-refractivity contribution in [2.75, 3.05) is 11.1 Å². The third-order valence-corrected chi connectivity index (χ3v) is 4.85. The fourth-order valence-electron chi connectivity index (χ4n) is 3.43. The lowest BCUT2D eigenvalue weighted by Gasteiger charge is -2.14. The number of fused-ring (bicyclic) bond motifs is 1. The second-order valence-corrected chi connectivity index (χ2v) is 6.78. The van der Waals surface area contributed by atoms with Crippen LogP contribution in [0.5, 0.6) is 0 Å². The lowest BCUT2D eigenvalue weighted by atomic mass is 10.1. The smallest absolute Gasteiger partial charge is 0.0695 e. The Hall–Kier alpha value is -2.13. The molecule has 23 heavy (non-hydrogen) atoms. The summed E-state index contributed by atoms with van der Waals surface area (Å²) in [5.74, 6) is 0. The number of aromatic nitrogens is 1. The first-order valence-electron chi connectivity index (χ1n) is 8.14. The van der Waals surface area contributed by atoms with Crippen LogP contribution in [0, 0.1) is 0 Å². The quantitative estimate of drug-likeness (QED) is 0.563. The van der Waals surface area contributed by atoms with E-state index in [0.29, 0.717) is 6.04 Å². The molecule has 3 nitrogen and oxygen atoms in total. The molecule has 0 spiro atoms.